The highest BCUT2D eigenvalue weighted by atomic mass is 16.5. The maximum absolute atomic E-state index is 11.4. The summed E-state index contributed by atoms with van der Waals surface area (Å²) in [5.41, 5.74) is 7.16. The molecule has 2 heterocycles. The summed E-state index contributed by atoms with van der Waals surface area (Å²) in [6, 6.07) is 8.30. The number of hydrogen-bond donors (Lipinski definition) is 1. The molecule has 1 aromatic rings. The first-order valence-electron chi connectivity index (χ1n) is 9.02. The van der Waals surface area contributed by atoms with Crippen LogP contribution in [0.25, 0.3) is 0 Å². The first-order chi connectivity index (χ1) is 11.5. The number of carbonyl (C=O) groups is 1. The van der Waals surface area contributed by atoms with Gasteiger partial charge in [-0.1, -0.05) is 12.1 Å². The number of benzene rings is 1. The molecule has 2 fully saturated rings. The SMILES string of the molecule is C[C@@H]1CN(C[C@H]2CCCN2Cc2cccc(C(N)=O)c2)C[C@H](C)O1. The average Bonchev–Trinajstić information content (AvgIpc) is 2.93. The number of nitrogens with zero attached hydrogens (tertiary/aromatic N) is 2. The topological polar surface area (TPSA) is 58.8 Å². The zero-order valence-electron chi connectivity index (χ0n) is 14.8. The highest BCUT2D eigenvalue weighted by Crippen LogP contribution is 2.23. The van der Waals surface area contributed by atoms with Crippen molar-refractivity contribution >= 4 is 5.91 Å². The average molecular weight is 331 g/mol. The molecular weight excluding hydrogens is 302 g/mol. The summed E-state index contributed by atoms with van der Waals surface area (Å²) in [5, 5.41) is 0. The molecule has 2 N–H and O–H groups in total. The Morgan fingerprint density at radius 3 is 2.75 bits per heavy atom. The molecule has 5 nitrogen and oxygen atoms in total. The number of carbonyl (C=O) groups excluding carboxylic acids is 1. The summed E-state index contributed by atoms with van der Waals surface area (Å²) in [4.78, 5) is 16.5. The van der Waals surface area contributed by atoms with Gasteiger partial charge >= 0.3 is 0 Å². The van der Waals surface area contributed by atoms with Gasteiger partial charge in [0.05, 0.1) is 12.2 Å². The monoisotopic (exact) mass is 331 g/mol. The van der Waals surface area contributed by atoms with E-state index < -0.39 is 0 Å². The Morgan fingerprint density at radius 2 is 2.04 bits per heavy atom. The Bertz CT molecular complexity index is 567. The van der Waals surface area contributed by atoms with Crippen molar-refractivity contribution in [3.8, 4) is 0 Å². The summed E-state index contributed by atoms with van der Waals surface area (Å²) in [7, 11) is 0. The molecule has 2 aliphatic rings. The molecule has 0 bridgehead atoms. The quantitative estimate of drug-likeness (QED) is 0.895. The van der Waals surface area contributed by atoms with Crippen LogP contribution in [0, 0.1) is 0 Å². The van der Waals surface area contributed by atoms with Gasteiger partial charge in [0.2, 0.25) is 5.91 Å². The highest BCUT2D eigenvalue weighted by molar-refractivity contribution is 5.92. The van der Waals surface area contributed by atoms with E-state index in [-0.39, 0.29) is 5.91 Å². The molecule has 24 heavy (non-hydrogen) atoms. The molecule has 0 spiro atoms. The molecule has 0 saturated carbocycles. The molecule has 132 valence electrons. The van der Waals surface area contributed by atoms with Crippen LogP contribution in [-0.2, 0) is 11.3 Å². The lowest BCUT2D eigenvalue weighted by Gasteiger charge is -2.38. The molecule has 0 aliphatic carbocycles. The van der Waals surface area contributed by atoms with Crippen LogP contribution in [0.4, 0.5) is 0 Å². The summed E-state index contributed by atoms with van der Waals surface area (Å²) < 4.78 is 5.84. The predicted octanol–water partition coefficient (Wildman–Crippen LogP) is 1.86. The largest absolute Gasteiger partial charge is 0.373 e. The van der Waals surface area contributed by atoms with Crippen molar-refractivity contribution in [1.29, 1.82) is 0 Å². The van der Waals surface area contributed by atoms with Gasteiger partial charge < -0.3 is 10.5 Å². The number of ether oxygens (including phenoxy) is 1. The Hall–Kier alpha value is -1.43. The van der Waals surface area contributed by atoms with Crippen LogP contribution in [0.5, 0.6) is 0 Å². The molecule has 3 rings (SSSR count). The second-order valence-corrected chi connectivity index (χ2v) is 7.31. The molecule has 2 aliphatic heterocycles. The summed E-state index contributed by atoms with van der Waals surface area (Å²) in [5.74, 6) is -0.355. The molecular formula is C19H29N3O2. The van der Waals surface area contributed by atoms with Crippen molar-refractivity contribution in [2.75, 3.05) is 26.2 Å². The molecule has 5 heteroatoms. The number of hydrogen-bond acceptors (Lipinski definition) is 4. The number of amides is 1. The number of rotatable bonds is 5. The van der Waals surface area contributed by atoms with Crippen molar-refractivity contribution < 1.29 is 9.53 Å². The van der Waals surface area contributed by atoms with Crippen molar-refractivity contribution in [2.45, 2.75) is 51.5 Å². The van der Waals surface area contributed by atoms with Crippen molar-refractivity contribution in [3.05, 3.63) is 35.4 Å². The van der Waals surface area contributed by atoms with Gasteiger partial charge in [-0.15, -0.1) is 0 Å². The zero-order chi connectivity index (χ0) is 17.1. The summed E-state index contributed by atoms with van der Waals surface area (Å²) in [6.45, 7) is 9.47. The second-order valence-electron chi connectivity index (χ2n) is 7.31. The summed E-state index contributed by atoms with van der Waals surface area (Å²) >= 11 is 0. The third-order valence-electron chi connectivity index (χ3n) is 5.06. The van der Waals surface area contributed by atoms with Crippen LogP contribution >= 0.6 is 0 Å². The maximum Gasteiger partial charge on any atom is 0.248 e. The number of primary amides is 1. The van der Waals surface area contributed by atoms with Gasteiger partial charge in [-0.25, -0.2) is 0 Å². The van der Waals surface area contributed by atoms with Crippen molar-refractivity contribution in [1.82, 2.24) is 9.80 Å². The van der Waals surface area contributed by atoms with Crippen LogP contribution in [0.15, 0.2) is 24.3 Å². The predicted molar refractivity (Wildman–Crippen MR) is 94.8 cm³/mol. The fourth-order valence-electron chi connectivity index (χ4n) is 4.10. The molecule has 0 unspecified atom stereocenters. The Balaban J connectivity index is 1.61. The maximum atomic E-state index is 11.4. The first-order valence-corrected chi connectivity index (χ1v) is 9.02. The van der Waals surface area contributed by atoms with E-state index in [1.165, 1.54) is 18.4 Å². The minimum atomic E-state index is -0.355. The van der Waals surface area contributed by atoms with Gasteiger partial charge in [-0.2, -0.15) is 0 Å². The Morgan fingerprint density at radius 1 is 1.29 bits per heavy atom. The van der Waals surface area contributed by atoms with Gasteiger partial charge in [-0.3, -0.25) is 14.6 Å². The minimum Gasteiger partial charge on any atom is -0.373 e. The highest BCUT2D eigenvalue weighted by Gasteiger charge is 2.29. The molecule has 0 radical (unpaired) electrons. The van der Waals surface area contributed by atoms with Gasteiger partial charge in [0, 0.05) is 37.8 Å². The summed E-state index contributed by atoms with van der Waals surface area (Å²) in [6.07, 6.45) is 3.12. The molecule has 1 aromatic carbocycles. The fraction of sp³-hybridized carbons (Fsp3) is 0.632. The first kappa shape index (κ1) is 17.4. The molecule has 3 atom stereocenters. The van der Waals surface area contributed by atoms with Crippen molar-refractivity contribution in [2.24, 2.45) is 5.73 Å². The van der Waals surface area contributed by atoms with E-state index >= 15 is 0 Å². The number of likely N-dealkylation sites (tertiary alicyclic amines) is 1. The van der Waals surface area contributed by atoms with E-state index in [0.717, 1.165) is 32.7 Å². The van der Waals surface area contributed by atoms with Crippen LogP contribution < -0.4 is 5.73 Å². The fourth-order valence-corrected chi connectivity index (χ4v) is 4.10. The number of morpholine rings is 1. The Labute approximate surface area is 144 Å². The van der Waals surface area contributed by atoms with E-state index in [2.05, 4.69) is 29.7 Å². The number of nitrogens with two attached hydrogens (primary N) is 1. The van der Waals surface area contributed by atoms with Crippen molar-refractivity contribution in [3.63, 3.8) is 0 Å². The Kier molecular flexibility index (Phi) is 5.54. The van der Waals surface area contributed by atoms with E-state index in [0.29, 0.717) is 23.8 Å². The van der Waals surface area contributed by atoms with E-state index in [9.17, 15) is 4.79 Å². The normalized spacial score (nSPS) is 29.0. The van der Waals surface area contributed by atoms with Gasteiger partial charge in [0.1, 0.15) is 0 Å². The van der Waals surface area contributed by atoms with E-state index in [1.54, 1.807) is 6.07 Å². The van der Waals surface area contributed by atoms with E-state index in [1.807, 2.05) is 12.1 Å². The lowest BCUT2D eigenvalue weighted by molar-refractivity contribution is -0.0724. The third kappa shape index (κ3) is 4.35. The minimum absolute atomic E-state index is 0.316. The third-order valence-corrected chi connectivity index (χ3v) is 5.06. The van der Waals surface area contributed by atoms with Crippen LogP contribution in [0.3, 0.4) is 0 Å². The lowest BCUT2D eigenvalue weighted by atomic mass is 10.1. The van der Waals surface area contributed by atoms with Gasteiger partial charge in [0.25, 0.3) is 0 Å². The smallest absolute Gasteiger partial charge is 0.248 e. The van der Waals surface area contributed by atoms with Crippen LogP contribution in [-0.4, -0.2) is 60.1 Å². The standard InChI is InChI=1S/C19H29N3O2/c1-14-10-21(11-15(2)24-14)13-18-7-4-8-22(18)12-16-5-3-6-17(9-16)19(20)23/h3,5-6,9,14-15,18H,4,7-8,10-13H2,1-2H3,(H2,20,23)/t14-,15+,18-/m1/s1. The molecule has 2 saturated heterocycles. The second kappa shape index (κ2) is 7.64. The molecule has 1 amide bonds. The lowest BCUT2D eigenvalue weighted by Crippen LogP contribution is -2.50. The zero-order valence-corrected chi connectivity index (χ0v) is 14.8. The van der Waals surface area contributed by atoms with Gasteiger partial charge in [-0.05, 0) is 50.9 Å². The van der Waals surface area contributed by atoms with Crippen LogP contribution in [0.1, 0.15) is 42.6 Å². The van der Waals surface area contributed by atoms with E-state index in [4.69, 9.17) is 10.5 Å². The molecule has 0 aromatic heterocycles. The van der Waals surface area contributed by atoms with Gasteiger partial charge in [0.15, 0.2) is 0 Å². The van der Waals surface area contributed by atoms with Crippen LogP contribution in [0.2, 0.25) is 0 Å².